The number of hydrogen-bond acceptors (Lipinski definition) is 2. The molecule has 0 spiro atoms. The molecule has 0 radical (unpaired) electrons. The van der Waals surface area contributed by atoms with E-state index in [0.717, 1.165) is 42.6 Å². The van der Waals surface area contributed by atoms with Gasteiger partial charge in [-0.05, 0) is 46.6 Å². The Kier molecular flexibility index (Phi) is 5.09. The molecule has 2 unspecified atom stereocenters. The van der Waals surface area contributed by atoms with Crippen LogP contribution >= 0.6 is 0 Å². The van der Waals surface area contributed by atoms with Gasteiger partial charge in [-0.1, -0.05) is 12.8 Å². The molecule has 1 fully saturated rings. The minimum atomic E-state index is 0.000324. The lowest BCUT2D eigenvalue weighted by Crippen LogP contribution is -2.43. The number of carbonyl (C=O) groups excluding carboxylic acids is 1. The summed E-state index contributed by atoms with van der Waals surface area (Å²) in [5.74, 6) is 0.205. The van der Waals surface area contributed by atoms with Gasteiger partial charge in [0.15, 0.2) is 0 Å². The van der Waals surface area contributed by atoms with Crippen LogP contribution in [0.5, 0.6) is 0 Å². The summed E-state index contributed by atoms with van der Waals surface area (Å²) in [6.45, 7) is 8.47. The van der Waals surface area contributed by atoms with Crippen molar-refractivity contribution >= 4 is 5.91 Å². The summed E-state index contributed by atoms with van der Waals surface area (Å²) in [4.78, 5) is 12.6. The molecule has 1 aromatic rings. The number of aliphatic hydroxyl groups is 1. The average molecular weight is 292 g/mol. The van der Waals surface area contributed by atoms with Gasteiger partial charge in [0, 0.05) is 36.0 Å². The summed E-state index contributed by atoms with van der Waals surface area (Å²) < 4.78 is 2.19. The number of aryl methyl sites for hydroxylation is 1. The van der Waals surface area contributed by atoms with E-state index in [9.17, 15) is 9.90 Å². The standard InChI is InChI=1S/C17H28N2O2/c1-11(2)19-12(3)9-15(13(19)4)17(21)18-16-8-6-5-7-14(16)10-20/h9,11,14,16,20H,5-8,10H2,1-4H3,(H,18,21). The van der Waals surface area contributed by atoms with E-state index < -0.39 is 0 Å². The van der Waals surface area contributed by atoms with Crippen molar-refractivity contribution in [3.8, 4) is 0 Å². The molecular formula is C17H28N2O2. The van der Waals surface area contributed by atoms with E-state index in [1.54, 1.807) is 0 Å². The third-order valence-electron chi connectivity index (χ3n) is 4.71. The van der Waals surface area contributed by atoms with Gasteiger partial charge in [-0.3, -0.25) is 4.79 Å². The first-order valence-electron chi connectivity index (χ1n) is 8.05. The quantitative estimate of drug-likeness (QED) is 0.896. The van der Waals surface area contributed by atoms with Crippen LogP contribution in [0.2, 0.25) is 0 Å². The maximum Gasteiger partial charge on any atom is 0.253 e. The lowest BCUT2D eigenvalue weighted by molar-refractivity contribution is 0.0872. The van der Waals surface area contributed by atoms with Gasteiger partial charge in [-0.15, -0.1) is 0 Å². The molecule has 118 valence electrons. The fourth-order valence-corrected chi connectivity index (χ4v) is 3.66. The van der Waals surface area contributed by atoms with Crippen molar-refractivity contribution in [2.24, 2.45) is 5.92 Å². The molecule has 1 heterocycles. The Bertz CT molecular complexity index is 505. The third-order valence-corrected chi connectivity index (χ3v) is 4.71. The van der Waals surface area contributed by atoms with Crippen LogP contribution in [-0.4, -0.2) is 28.2 Å². The lowest BCUT2D eigenvalue weighted by Gasteiger charge is -2.30. The Morgan fingerprint density at radius 3 is 2.62 bits per heavy atom. The maximum atomic E-state index is 12.6. The molecule has 4 heteroatoms. The van der Waals surface area contributed by atoms with Gasteiger partial charge in [-0.2, -0.15) is 0 Å². The van der Waals surface area contributed by atoms with Crippen LogP contribution in [0.1, 0.15) is 67.3 Å². The van der Waals surface area contributed by atoms with Gasteiger partial charge >= 0.3 is 0 Å². The summed E-state index contributed by atoms with van der Waals surface area (Å²) in [5.41, 5.74) is 2.91. The molecule has 1 aliphatic rings. The number of rotatable bonds is 4. The smallest absolute Gasteiger partial charge is 0.253 e. The Morgan fingerprint density at radius 2 is 2.05 bits per heavy atom. The van der Waals surface area contributed by atoms with Crippen LogP contribution in [0, 0.1) is 19.8 Å². The number of aromatic nitrogens is 1. The Morgan fingerprint density at radius 1 is 1.38 bits per heavy atom. The third kappa shape index (κ3) is 3.31. The van der Waals surface area contributed by atoms with Crippen molar-refractivity contribution in [3.63, 3.8) is 0 Å². The second kappa shape index (κ2) is 6.65. The molecule has 21 heavy (non-hydrogen) atoms. The molecule has 1 aliphatic carbocycles. The molecule has 0 aliphatic heterocycles. The molecule has 1 amide bonds. The topological polar surface area (TPSA) is 54.3 Å². The molecule has 0 bridgehead atoms. The Balaban J connectivity index is 2.15. The summed E-state index contributed by atoms with van der Waals surface area (Å²) in [5, 5.41) is 12.6. The van der Waals surface area contributed by atoms with E-state index in [1.807, 2.05) is 19.9 Å². The molecule has 1 saturated carbocycles. The highest BCUT2D eigenvalue weighted by molar-refractivity contribution is 5.96. The zero-order valence-electron chi connectivity index (χ0n) is 13.6. The Hall–Kier alpha value is -1.29. The van der Waals surface area contributed by atoms with Crippen molar-refractivity contribution < 1.29 is 9.90 Å². The van der Waals surface area contributed by atoms with Gasteiger partial charge < -0.3 is 15.0 Å². The SMILES string of the molecule is Cc1cc(C(=O)NC2CCCCC2CO)c(C)n1C(C)C. The van der Waals surface area contributed by atoms with Crippen molar-refractivity contribution in [2.45, 2.75) is 65.5 Å². The van der Waals surface area contributed by atoms with Gasteiger partial charge in [-0.25, -0.2) is 0 Å². The van der Waals surface area contributed by atoms with Gasteiger partial charge in [0.05, 0.1) is 5.56 Å². The Labute approximate surface area is 127 Å². The van der Waals surface area contributed by atoms with Gasteiger partial charge in [0.25, 0.3) is 5.91 Å². The fourth-order valence-electron chi connectivity index (χ4n) is 3.66. The number of hydrogen-bond donors (Lipinski definition) is 2. The monoisotopic (exact) mass is 292 g/mol. The molecule has 4 nitrogen and oxygen atoms in total. The van der Waals surface area contributed by atoms with Crippen molar-refractivity contribution in [1.29, 1.82) is 0 Å². The second-order valence-electron chi connectivity index (χ2n) is 6.56. The first-order valence-corrected chi connectivity index (χ1v) is 8.05. The molecule has 0 saturated heterocycles. The fraction of sp³-hybridized carbons (Fsp3) is 0.706. The van der Waals surface area contributed by atoms with E-state index >= 15 is 0 Å². The van der Waals surface area contributed by atoms with E-state index in [0.29, 0.717) is 6.04 Å². The second-order valence-corrected chi connectivity index (χ2v) is 6.56. The zero-order chi connectivity index (χ0) is 15.6. The zero-order valence-corrected chi connectivity index (χ0v) is 13.6. The number of aliphatic hydroxyl groups excluding tert-OH is 1. The van der Waals surface area contributed by atoms with Crippen LogP contribution in [0.25, 0.3) is 0 Å². The number of nitrogens with zero attached hydrogens (tertiary/aromatic N) is 1. The lowest BCUT2D eigenvalue weighted by atomic mass is 9.85. The number of carbonyl (C=O) groups is 1. The normalized spacial score (nSPS) is 22.6. The molecule has 0 aromatic carbocycles. The number of nitrogens with one attached hydrogen (secondary N) is 1. The predicted octanol–water partition coefficient (Wildman–Crippen LogP) is 2.97. The van der Waals surface area contributed by atoms with Crippen LogP contribution in [-0.2, 0) is 0 Å². The van der Waals surface area contributed by atoms with Crippen LogP contribution in [0.3, 0.4) is 0 Å². The average Bonchev–Trinajstić information content (AvgIpc) is 2.74. The highest BCUT2D eigenvalue weighted by Gasteiger charge is 2.27. The number of amides is 1. The van der Waals surface area contributed by atoms with Gasteiger partial charge in [0.2, 0.25) is 0 Å². The van der Waals surface area contributed by atoms with Crippen molar-refractivity contribution in [1.82, 2.24) is 9.88 Å². The van der Waals surface area contributed by atoms with Crippen LogP contribution in [0.15, 0.2) is 6.07 Å². The molecule has 1 aromatic heterocycles. The highest BCUT2D eigenvalue weighted by atomic mass is 16.3. The molecule has 2 rings (SSSR count). The minimum absolute atomic E-state index is 0.000324. The van der Waals surface area contributed by atoms with E-state index in [2.05, 4.69) is 23.7 Å². The minimum Gasteiger partial charge on any atom is -0.396 e. The van der Waals surface area contributed by atoms with Crippen molar-refractivity contribution in [2.75, 3.05) is 6.61 Å². The van der Waals surface area contributed by atoms with Gasteiger partial charge in [0.1, 0.15) is 0 Å². The first kappa shape index (κ1) is 16.1. The summed E-state index contributed by atoms with van der Waals surface area (Å²) in [6, 6.07) is 2.44. The van der Waals surface area contributed by atoms with Crippen LogP contribution in [0.4, 0.5) is 0 Å². The van der Waals surface area contributed by atoms with E-state index in [4.69, 9.17) is 0 Å². The predicted molar refractivity (Wildman–Crippen MR) is 84.6 cm³/mol. The van der Waals surface area contributed by atoms with E-state index in [-0.39, 0.29) is 24.5 Å². The summed E-state index contributed by atoms with van der Waals surface area (Å²) in [7, 11) is 0. The molecule has 2 atom stereocenters. The summed E-state index contributed by atoms with van der Waals surface area (Å²) >= 11 is 0. The van der Waals surface area contributed by atoms with E-state index in [1.165, 1.54) is 0 Å². The maximum absolute atomic E-state index is 12.6. The van der Waals surface area contributed by atoms with Crippen LogP contribution < -0.4 is 5.32 Å². The molecular weight excluding hydrogens is 264 g/mol. The summed E-state index contributed by atoms with van der Waals surface area (Å²) in [6.07, 6.45) is 4.26. The largest absolute Gasteiger partial charge is 0.396 e. The first-order chi connectivity index (χ1) is 9.95. The van der Waals surface area contributed by atoms with Crippen molar-refractivity contribution in [3.05, 3.63) is 23.0 Å². The molecule has 2 N–H and O–H groups in total. The highest BCUT2D eigenvalue weighted by Crippen LogP contribution is 2.25.